The molecule has 0 aliphatic rings. The Labute approximate surface area is 129 Å². The third-order valence-corrected chi connectivity index (χ3v) is 3.90. The fraction of sp³-hybridized carbons (Fsp3) is 0.222. The molecule has 2 aromatic carbocycles. The molecule has 0 amide bonds. The SMILES string of the molecule is Cn1ccc2cc(OC(CCCl)c3ccccc3)ccc21. The van der Waals surface area contributed by atoms with Crippen LogP contribution in [0, 0.1) is 0 Å². The summed E-state index contributed by atoms with van der Waals surface area (Å²) in [6, 6.07) is 18.5. The maximum Gasteiger partial charge on any atom is 0.125 e. The van der Waals surface area contributed by atoms with E-state index >= 15 is 0 Å². The molecule has 108 valence electrons. The number of hydrogen-bond acceptors (Lipinski definition) is 1. The zero-order chi connectivity index (χ0) is 14.7. The maximum absolute atomic E-state index is 6.16. The van der Waals surface area contributed by atoms with Crippen LogP contribution >= 0.6 is 11.6 Å². The summed E-state index contributed by atoms with van der Waals surface area (Å²) in [4.78, 5) is 0. The first kappa shape index (κ1) is 14.0. The Balaban J connectivity index is 1.87. The Morgan fingerprint density at radius 3 is 2.67 bits per heavy atom. The average Bonchev–Trinajstić information content (AvgIpc) is 2.89. The van der Waals surface area contributed by atoms with Crippen molar-refractivity contribution < 1.29 is 4.74 Å². The molecule has 2 nitrogen and oxygen atoms in total. The second kappa shape index (κ2) is 6.23. The smallest absolute Gasteiger partial charge is 0.125 e. The first-order chi connectivity index (χ1) is 10.3. The van der Waals surface area contributed by atoms with Gasteiger partial charge < -0.3 is 9.30 Å². The van der Waals surface area contributed by atoms with Gasteiger partial charge in [-0.05, 0) is 29.8 Å². The number of fused-ring (bicyclic) bond motifs is 1. The first-order valence-corrected chi connectivity index (χ1v) is 7.64. The Morgan fingerprint density at radius 1 is 1.10 bits per heavy atom. The lowest BCUT2D eigenvalue weighted by atomic mass is 10.1. The van der Waals surface area contributed by atoms with Gasteiger partial charge in [-0.1, -0.05) is 30.3 Å². The van der Waals surface area contributed by atoms with Crippen molar-refractivity contribution in [1.82, 2.24) is 4.57 Å². The van der Waals surface area contributed by atoms with Crippen molar-refractivity contribution in [2.75, 3.05) is 5.88 Å². The summed E-state index contributed by atoms with van der Waals surface area (Å²) in [5.74, 6) is 1.46. The highest BCUT2D eigenvalue weighted by Crippen LogP contribution is 2.28. The van der Waals surface area contributed by atoms with Gasteiger partial charge in [0.1, 0.15) is 11.9 Å². The number of hydrogen-bond donors (Lipinski definition) is 0. The first-order valence-electron chi connectivity index (χ1n) is 7.10. The molecule has 0 radical (unpaired) electrons. The Morgan fingerprint density at radius 2 is 1.90 bits per heavy atom. The molecule has 3 aromatic rings. The summed E-state index contributed by atoms with van der Waals surface area (Å²) in [5.41, 5.74) is 2.36. The molecule has 0 saturated heterocycles. The summed E-state index contributed by atoms with van der Waals surface area (Å²) in [7, 11) is 2.04. The summed E-state index contributed by atoms with van der Waals surface area (Å²) in [5, 5.41) is 1.19. The molecule has 0 bridgehead atoms. The van der Waals surface area contributed by atoms with Crippen molar-refractivity contribution in [2.24, 2.45) is 7.05 Å². The van der Waals surface area contributed by atoms with Crippen LogP contribution in [0.3, 0.4) is 0 Å². The number of rotatable bonds is 5. The van der Waals surface area contributed by atoms with Crippen LogP contribution in [0.1, 0.15) is 18.1 Å². The Hall–Kier alpha value is -1.93. The molecule has 1 unspecified atom stereocenters. The fourth-order valence-electron chi connectivity index (χ4n) is 2.56. The van der Waals surface area contributed by atoms with E-state index in [-0.39, 0.29) is 6.10 Å². The second-order valence-corrected chi connectivity index (χ2v) is 5.52. The molecular weight excluding hydrogens is 282 g/mol. The second-order valence-electron chi connectivity index (χ2n) is 5.14. The van der Waals surface area contributed by atoms with E-state index in [1.807, 2.05) is 31.3 Å². The van der Waals surface area contributed by atoms with Gasteiger partial charge in [-0.25, -0.2) is 0 Å². The van der Waals surface area contributed by atoms with E-state index in [9.17, 15) is 0 Å². The average molecular weight is 300 g/mol. The lowest BCUT2D eigenvalue weighted by Gasteiger charge is -2.19. The van der Waals surface area contributed by atoms with Crippen LogP contribution in [0.2, 0.25) is 0 Å². The van der Waals surface area contributed by atoms with Crippen LogP contribution in [0.15, 0.2) is 60.8 Å². The number of nitrogens with zero attached hydrogens (tertiary/aromatic N) is 1. The van der Waals surface area contributed by atoms with Crippen molar-refractivity contribution in [2.45, 2.75) is 12.5 Å². The van der Waals surface area contributed by atoms with Gasteiger partial charge >= 0.3 is 0 Å². The number of alkyl halides is 1. The molecule has 0 N–H and O–H groups in total. The molecule has 0 aliphatic heterocycles. The van der Waals surface area contributed by atoms with E-state index in [1.54, 1.807) is 0 Å². The van der Waals surface area contributed by atoms with Gasteiger partial charge in [-0.15, -0.1) is 11.6 Å². The molecule has 1 atom stereocenters. The van der Waals surface area contributed by atoms with Crippen LogP contribution in [0.25, 0.3) is 10.9 Å². The van der Waals surface area contributed by atoms with Gasteiger partial charge in [0, 0.05) is 36.4 Å². The van der Waals surface area contributed by atoms with Crippen LogP contribution in [0.4, 0.5) is 0 Å². The predicted molar refractivity (Wildman–Crippen MR) is 88.1 cm³/mol. The standard InChI is InChI=1S/C18H18ClNO/c1-20-12-10-15-13-16(7-8-17(15)20)21-18(9-11-19)14-5-3-2-4-6-14/h2-8,10,12-13,18H,9,11H2,1H3. The molecular formula is C18H18ClNO. The number of aryl methyl sites for hydroxylation is 1. The Kier molecular flexibility index (Phi) is 4.16. The van der Waals surface area contributed by atoms with Crippen LogP contribution in [-0.2, 0) is 7.05 Å². The number of halogens is 1. The minimum atomic E-state index is -0.00939. The monoisotopic (exact) mass is 299 g/mol. The van der Waals surface area contributed by atoms with Gasteiger partial charge in [-0.3, -0.25) is 0 Å². The fourth-order valence-corrected chi connectivity index (χ4v) is 2.76. The molecule has 0 saturated carbocycles. The number of benzene rings is 2. The predicted octanol–water partition coefficient (Wildman–Crippen LogP) is 4.93. The third kappa shape index (κ3) is 3.06. The maximum atomic E-state index is 6.16. The summed E-state index contributed by atoms with van der Waals surface area (Å²) in [6.45, 7) is 0. The number of ether oxygens (including phenoxy) is 1. The van der Waals surface area contributed by atoms with E-state index < -0.39 is 0 Å². The highest BCUT2D eigenvalue weighted by Gasteiger charge is 2.13. The summed E-state index contributed by atoms with van der Waals surface area (Å²) in [6.07, 6.45) is 2.84. The quantitative estimate of drug-likeness (QED) is 0.609. The molecule has 1 aromatic heterocycles. The lowest BCUT2D eigenvalue weighted by Crippen LogP contribution is -2.08. The largest absolute Gasteiger partial charge is 0.486 e. The van der Waals surface area contributed by atoms with Crippen LogP contribution in [0.5, 0.6) is 5.75 Å². The van der Waals surface area contributed by atoms with Gasteiger partial charge in [-0.2, -0.15) is 0 Å². The van der Waals surface area contributed by atoms with Gasteiger partial charge in [0.15, 0.2) is 0 Å². The molecule has 0 fully saturated rings. The molecule has 3 heteroatoms. The van der Waals surface area contributed by atoms with Crippen molar-refractivity contribution in [3.05, 3.63) is 66.4 Å². The molecule has 0 spiro atoms. The normalized spacial score (nSPS) is 12.5. The van der Waals surface area contributed by atoms with E-state index in [0.29, 0.717) is 5.88 Å². The van der Waals surface area contributed by atoms with Crippen molar-refractivity contribution in [1.29, 1.82) is 0 Å². The van der Waals surface area contributed by atoms with Crippen molar-refractivity contribution in [3.63, 3.8) is 0 Å². The lowest BCUT2D eigenvalue weighted by molar-refractivity contribution is 0.202. The van der Waals surface area contributed by atoms with E-state index in [2.05, 4.69) is 41.1 Å². The molecule has 3 rings (SSSR count). The number of aromatic nitrogens is 1. The van der Waals surface area contributed by atoms with Crippen molar-refractivity contribution in [3.8, 4) is 5.75 Å². The van der Waals surface area contributed by atoms with Gasteiger partial charge in [0.25, 0.3) is 0 Å². The Bertz CT molecular complexity index is 720. The highest BCUT2D eigenvalue weighted by atomic mass is 35.5. The van der Waals surface area contributed by atoms with Crippen LogP contribution < -0.4 is 4.74 Å². The topological polar surface area (TPSA) is 14.2 Å². The van der Waals surface area contributed by atoms with Crippen LogP contribution in [-0.4, -0.2) is 10.4 Å². The summed E-state index contributed by atoms with van der Waals surface area (Å²) >= 11 is 5.93. The molecule has 21 heavy (non-hydrogen) atoms. The third-order valence-electron chi connectivity index (χ3n) is 3.68. The van der Waals surface area contributed by atoms with Gasteiger partial charge in [0.05, 0.1) is 0 Å². The zero-order valence-electron chi connectivity index (χ0n) is 12.0. The summed E-state index contributed by atoms with van der Waals surface area (Å²) < 4.78 is 8.27. The highest BCUT2D eigenvalue weighted by molar-refractivity contribution is 6.17. The van der Waals surface area contributed by atoms with E-state index in [1.165, 1.54) is 10.9 Å². The van der Waals surface area contributed by atoms with Gasteiger partial charge in [0.2, 0.25) is 0 Å². The van der Waals surface area contributed by atoms with Crippen molar-refractivity contribution >= 4 is 22.5 Å². The van der Waals surface area contributed by atoms with E-state index in [0.717, 1.165) is 17.7 Å². The van der Waals surface area contributed by atoms with E-state index in [4.69, 9.17) is 16.3 Å². The zero-order valence-corrected chi connectivity index (χ0v) is 12.8. The minimum Gasteiger partial charge on any atom is -0.486 e. The molecule has 1 heterocycles. The minimum absolute atomic E-state index is 0.00939. The molecule has 0 aliphatic carbocycles.